The van der Waals surface area contributed by atoms with E-state index in [0.29, 0.717) is 12.2 Å². The third-order valence-electron chi connectivity index (χ3n) is 4.68. The van der Waals surface area contributed by atoms with Gasteiger partial charge in [0, 0.05) is 11.3 Å². The summed E-state index contributed by atoms with van der Waals surface area (Å²) < 4.78 is 47.9. The summed E-state index contributed by atoms with van der Waals surface area (Å²) in [6, 6.07) is 7.54. The third-order valence-corrected chi connectivity index (χ3v) is 5.53. The number of hydrogen-bond acceptors (Lipinski definition) is 5. The fourth-order valence-corrected chi connectivity index (χ4v) is 3.97. The van der Waals surface area contributed by atoms with Crippen LogP contribution in [0.15, 0.2) is 65.3 Å². The van der Waals surface area contributed by atoms with Crippen molar-refractivity contribution in [3.63, 3.8) is 0 Å². The van der Waals surface area contributed by atoms with Gasteiger partial charge in [-0.15, -0.1) is 0 Å². The first-order chi connectivity index (χ1) is 14.9. The molecule has 32 heavy (non-hydrogen) atoms. The summed E-state index contributed by atoms with van der Waals surface area (Å²) in [6.45, 7) is 0. The van der Waals surface area contributed by atoms with Crippen LogP contribution in [0.3, 0.4) is 0 Å². The van der Waals surface area contributed by atoms with Gasteiger partial charge in [-0.25, -0.2) is 4.79 Å². The molecule has 0 bridgehead atoms. The molecule has 2 unspecified atom stereocenters. The molecule has 0 spiro atoms. The lowest BCUT2D eigenvalue weighted by Gasteiger charge is -2.43. The molecule has 7 nitrogen and oxygen atoms in total. The van der Waals surface area contributed by atoms with Crippen molar-refractivity contribution in [3.8, 4) is 0 Å². The Hall–Kier alpha value is -3.15. The van der Waals surface area contributed by atoms with E-state index in [1.54, 1.807) is 11.4 Å². The van der Waals surface area contributed by atoms with Gasteiger partial charge in [0.05, 0.1) is 6.26 Å². The highest BCUT2D eigenvalue weighted by molar-refractivity contribution is 7.80. The van der Waals surface area contributed by atoms with Gasteiger partial charge in [-0.1, -0.05) is 54.2 Å². The molecule has 1 heterocycles. The quantitative estimate of drug-likeness (QED) is 0.386. The van der Waals surface area contributed by atoms with Crippen LogP contribution in [0.1, 0.15) is 16.1 Å². The van der Waals surface area contributed by atoms with Crippen LogP contribution in [0.5, 0.6) is 0 Å². The summed E-state index contributed by atoms with van der Waals surface area (Å²) in [5, 5.41) is 11.6. The summed E-state index contributed by atoms with van der Waals surface area (Å²) in [5.74, 6) is -0.649. The van der Waals surface area contributed by atoms with Gasteiger partial charge in [0.1, 0.15) is 4.99 Å². The number of rotatable bonds is 4. The smallest absolute Gasteiger partial charge is 0.408 e. The minimum Gasteiger partial charge on any atom is -0.459 e. The second-order valence-corrected chi connectivity index (χ2v) is 7.69. The lowest BCUT2D eigenvalue weighted by Crippen LogP contribution is -2.61. The zero-order valence-electron chi connectivity index (χ0n) is 15.9. The van der Waals surface area contributed by atoms with Crippen LogP contribution in [0.4, 0.5) is 23.7 Å². The Morgan fingerprint density at radius 2 is 1.88 bits per heavy atom. The van der Waals surface area contributed by atoms with Gasteiger partial charge in [0.25, 0.3) is 5.91 Å². The average molecular weight is 486 g/mol. The van der Waals surface area contributed by atoms with E-state index >= 15 is 0 Å². The summed E-state index contributed by atoms with van der Waals surface area (Å²) in [5.41, 5.74) is 1.75. The number of anilines is 1. The molecule has 12 heteroatoms. The maximum Gasteiger partial charge on any atom is 0.408 e. The van der Waals surface area contributed by atoms with E-state index in [1.807, 2.05) is 0 Å². The molecule has 0 saturated carbocycles. The standard InChI is InChI=1S/C20H15ClF3N3O4S/c21-19(30)8-7-11(10-18(19,20(22,23)24)16(32)27-17(25)29)12-4-1-2-5-13(12)26-15(28)14-6-3-9-31-14/h1-10,30H,(H,26,28)(H3,25,27,29,32). The molecular weight excluding hydrogens is 471 g/mol. The molecule has 3 amide bonds. The minimum absolute atomic E-state index is 0.0143. The first kappa shape index (κ1) is 23.5. The van der Waals surface area contributed by atoms with E-state index in [9.17, 15) is 27.9 Å². The number of benzene rings is 1. The van der Waals surface area contributed by atoms with E-state index in [2.05, 4.69) is 5.32 Å². The van der Waals surface area contributed by atoms with E-state index in [-0.39, 0.29) is 22.6 Å². The van der Waals surface area contributed by atoms with Gasteiger partial charge in [0.2, 0.25) is 0 Å². The fraction of sp³-hybridized carbons (Fsp3) is 0.150. The molecule has 5 N–H and O–H groups in total. The number of furan rings is 1. The van der Waals surface area contributed by atoms with Crippen molar-refractivity contribution in [2.45, 2.75) is 11.2 Å². The van der Waals surface area contributed by atoms with E-state index in [4.69, 9.17) is 34.0 Å². The van der Waals surface area contributed by atoms with Crippen LogP contribution < -0.4 is 16.4 Å². The molecule has 0 fully saturated rings. The van der Waals surface area contributed by atoms with Gasteiger partial charge in [0.15, 0.2) is 16.2 Å². The van der Waals surface area contributed by atoms with E-state index < -0.39 is 33.6 Å². The highest BCUT2D eigenvalue weighted by atomic mass is 35.5. The molecule has 1 aromatic carbocycles. The largest absolute Gasteiger partial charge is 0.459 e. The van der Waals surface area contributed by atoms with Crippen LogP contribution in [-0.2, 0) is 0 Å². The number of carbonyl (C=O) groups is 2. The number of primary amides is 1. The number of thiocarbonyl (C=S) groups is 1. The van der Waals surface area contributed by atoms with Crippen molar-refractivity contribution in [2.75, 3.05) is 5.32 Å². The predicted molar refractivity (Wildman–Crippen MR) is 115 cm³/mol. The fourth-order valence-electron chi connectivity index (χ4n) is 3.16. The molecule has 2 aromatic rings. The molecule has 0 saturated heterocycles. The molecular formula is C20H15ClF3N3O4S. The van der Waals surface area contributed by atoms with Crippen LogP contribution >= 0.6 is 23.8 Å². The van der Waals surface area contributed by atoms with Gasteiger partial charge < -0.3 is 25.9 Å². The first-order valence-electron chi connectivity index (χ1n) is 8.84. The zero-order chi connectivity index (χ0) is 23.7. The number of amides is 3. The Kier molecular flexibility index (Phi) is 6.18. The molecule has 1 aliphatic rings. The van der Waals surface area contributed by atoms with Crippen molar-refractivity contribution in [1.29, 1.82) is 0 Å². The topological polar surface area (TPSA) is 118 Å². The zero-order valence-corrected chi connectivity index (χ0v) is 17.5. The number of carbonyl (C=O) groups excluding carboxylic acids is 2. The third kappa shape index (κ3) is 4.14. The maximum atomic E-state index is 14.3. The number of halogens is 4. The van der Waals surface area contributed by atoms with E-state index in [1.165, 1.54) is 36.6 Å². The van der Waals surface area contributed by atoms with Crippen molar-refractivity contribution in [1.82, 2.24) is 5.32 Å². The highest BCUT2D eigenvalue weighted by Gasteiger charge is 2.68. The van der Waals surface area contributed by atoms with Gasteiger partial charge in [-0.05, 0) is 29.8 Å². The summed E-state index contributed by atoms with van der Waals surface area (Å²) >= 11 is 10.6. The molecule has 0 radical (unpaired) electrons. The number of alkyl halides is 4. The van der Waals surface area contributed by atoms with Crippen LogP contribution in [0, 0.1) is 5.41 Å². The SMILES string of the molecule is NC(=O)NC(=S)C1(C(F)(F)F)C=C(c2ccccc2NC(=O)c2ccco2)C=CC1(O)Cl. The number of urea groups is 1. The Labute approximate surface area is 189 Å². The van der Waals surface area contributed by atoms with Crippen molar-refractivity contribution in [2.24, 2.45) is 11.1 Å². The number of hydrogen-bond donors (Lipinski definition) is 4. The summed E-state index contributed by atoms with van der Waals surface area (Å²) in [7, 11) is 0. The number of aliphatic hydroxyl groups is 1. The lowest BCUT2D eigenvalue weighted by molar-refractivity contribution is -0.209. The van der Waals surface area contributed by atoms with Crippen LogP contribution in [0.2, 0.25) is 0 Å². The van der Waals surface area contributed by atoms with Gasteiger partial charge in [-0.3, -0.25) is 4.79 Å². The maximum absolute atomic E-state index is 14.3. The molecule has 3 rings (SSSR count). The van der Waals surface area contributed by atoms with Crippen molar-refractivity contribution < 1.29 is 32.3 Å². The normalized spacial score (nSPS) is 22.7. The molecule has 168 valence electrons. The molecule has 0 aliphatic heterocycles. The van der Waals surface area contributed by atoms with E-state index in [0.717, 1.165) is 6.08 Å². The predicted octanol–water partition coefficient (Wildman–Crippen LogP) is 3.96. The second kappa shape index (κ2) is 8.41. The monoisotopic (exact) mass is 485 g/mol. The van der Waals surface area contributed by atoms with Crippen molar-refractivity contribution in [3.05, 3.63) is 72.2 Å². The summed E-state index contributed by atoms with van der Waals surface area (Å²) in [6.07, 6.45) is -1.54. The Morgan fingerprint density at radius 1 is 1.19 bits per heavy atom. The number of allylic oxidation sites excluding steroid dienone is 2. The van der Waals surface area contributed by atoms with Crippen LogP contribution in [-0.4, -0.2) is 33.3 Å². The Balaban J connectivity index is 2.13. The Bertz CT molecular complexity index is 1130. The van der Waals surface area contributed by atoms with Crippen molar-refractivity contribution >= 4 is 52.0 Å². The molecule has 1 aliphatic carbocycles. The summed E-state index contributed by atoms with van der Waals surface area (Å²) in [4.78, 5) is 22.4. The lowest BCUT2D eigenvalue weighted by atomic mass is 9.74. The van der Waals surface area contributed by atoms with Crippen LogP contribution in [0.25, 0.3) is 5.57 Å². The highest BCUT2D eigenvalue weighted by Crippen LogP contribution is 2.54. The molecule has 2 atom stereocenters. The van der Waals surface area contributed by atoms with Gasteiger partial charge in [-0.2, -0.15) is 13.2 Å². The Morgan fingerprint density at radius 3 is 2.47 bits per heavy atom. The van der Waals surface area contributed by atoms with Gasteiger partial charge >= 0.3 is 12.2 Å². The minimum atomic E-state index is -5.24. The average Bonchev–Trinajstić information content (AvgIpc) is 3.22. The number of nitrogens with two attached hydrogens (primary N) is 1. The first-order valence-corrected chi connectivity index (χ1v) is 9.63. The number of para-hydroxylation sites is 1. The molecule has 1 aromatic heterocycles. The second-order valence-electron chi connectivity index (χ2n) is 6.71. The number of nitrogens with one attached hydrogen (secondary N) is 2.